The van der Waals surface area contributed by atoms with Crippen molar-refractivity contribution < 1.29 is 13.2 Å². The average Bonchev–Trinajstić information content (AvgIpc) is 2.74. The monoisotopic (exact) mass is 442 g/mol. The van der Waals surface area contributed by atoms with Gasteiger partial charge in [-0.1, -0.05) is 57.5 Å². The summed E-state index contributed by atoms with van der Waals surface area (Å²) in [7, 11) is -3.58. The van der Waals surface area contributed by atoms with E-state index < -0.39 is 10.0 Å². The molecule has 0 aliphatic carbocycles. The summed E-state index contributed by atoms with van der Waals surface area (Å²) >= 11 is 0. The number of benzene rings is 2. The Balaban J connectivity index is 1.79. The molecule has 2 aromatic carbocycles. The van der Waals surface area contributed by atoms with Gasteiger partial charge in [-0.3, -0.25) is 4.79 Å². The predicted molar refractivity (Wildman–Crippen MR) is 125 cm³/mol. The van der Waals surface area contributed by atoms with Gasteiger partial charge >= 0.3 is 0 Å². The summed E-state index contributed by atoms with van der Waals surface area (Å²) in [5.74, 6) is -0.263. The average molecular weight is 443 g/mol. The molecule has 3 rings (SSSR count). The van der Waals surface area contributed by atoms with E-state index in [0.29, 0.717) is 18.7 Å². The Hall–Kier alpha value is -2.18. The van der Waals surface area contributed by atoms with Crippen LogP contribution in [-0.4, -0.2) is 31.7 Å². The molecule has 0 bridgehead atoms. The largest absolute Gasteiger partial charge is 0.346 e. The van der Waals surface area contributed by atoms with E-state index in [1.54, 1.807) is 12.1 Å². The number of carbonyl (C=O) groups excluding carboxylic acids is 1. The molecule has 168 valence electrons. The highest BCUT2D eigenvalue weighted by Crippen LogP contribution is 2.25. The fraction of sp³-hybridized carbons (Fsp3) is 0.480. The third-order valence-electron chi connectivity index (χ3n) is 6.03. The summed E-state index contributed by atoms with van der Waals surface area (Å²) in [5, 5.41) is 3.02. The smallest absolute Gasteiger partial charge is 0.252 e. The number of carbonyl (C=O) groups is 1. The molecule has 5 nitrogen and oxygen atoms in total. The minimum atomic E-state index is -3.58. The first-order chi connectivity index (χ1) is 14.5. The standard InChI is InChI=1S/C25H34N2O3S/c1-18-9-14-22(31(29,30)27-15-7-6-8-16-27)17-23(18)24(28)26-19(2)20-10-12-21(13-11-20)25(3,4)5/h9-14,17,19H,6-8,15-16H2,1-5H3,(H,26,28)/t19-/m1/s1. The molecule has 1 N–H and O–H groups in total. The fourth-order valence-corrected chi connectivity index (χ4v) is 5.43. The highest BCUT2D eigenvalue weighted by molar-refractivity contribution is 7.89. The number of piperidine rings is 1. The third kappa shape index (κ3) is 5.36. The molecule has 1 atom stereocenters. The topological polar surface area (TPSA) is 66.5 Å². The maximum Gasteiger partial charge on any atom is 0.252 e. The van der Waals surface area contributed by atoms with Crippen LogP contribution in [0.25, 0.3) is 0 Å². The van der Waals surface area contributed by atoms with Gasteiger partial charge in [0, 0.05) is 18.7 Å². The van der Waals surface area contributed by atoms with Gasteiger partial charge in [-0.2, -0.15) is 4.31 Å². The molecule has 0 unspecified atom stereocenters. The number of aryl methyl sites for hydroxylation is 1. The molecule has 0 saturated carbocycles. The maximum absolute atomic E-state index is 13.0. The van der Waals surface area contributed by atoms with Crippen LogP contribution in [0.4, 0.5) is 0 Å². The summed E-state index contributed by atoms with van der Waals surface area (Å²) in [4.78, 5) is 13.2. The van der Waals surface area contributed by atoms with Crippen molar-refractivity contribution in [3.63, 3.8) is 0 Å². The van der Waals surface area contributed by atoms with Crippen molar-refractivity contribution in [2.75, 3.05) is 13.1 Å². The lowest BCUT2D eigenvalue weighted by molar-refractivity contribution is 0.0939. The zero-order valence-corrected chi connectivity index (χ0v) is 20.1. The number of amides is 1. The van der Waals surface area contributed by atoms with Crippen molar-refractivity contribution in [1.29, 1.82) is 0 Å². The molecule has 31 heavy (non-hydrogen) atoms. The Morgan fingerprint density at radius 1 is 1.00 bits per heavy atom. The van der Waals surface area contributed by atoms with Gasteiger partial charge in [-0.15, -0.1) is 0 Å². The van der Waals surface area contributed by atoms with Crippen LogP contribution in [0.2, 0.25) is 0 Å². The Morgan fingerprint density at radius 2 is 1.61 bits per heavy atom. The summed E-state index contributed by atoms with van der Waals surface area (Å²) in [6.07, 6.45) is 2.82. The van der Waals surface area contributed by atoms with E-state index in [-0.39, 0.29) is 22.3 Å². The van der Waals surface area contributed by atoms with E-state index >= 15 is 0 Å². The first kappa shape index (κ1) is 23.5. The van der Waals surface area contributed by atoms with E-state index in [1.165, 1.54) is 15.9 Å². The van der Waals surface area contributed by atoms with Crippen molar-refractivity contribution in [3.05, 3.63) is 64.7 Å². The molecule has 0 spiro atoms. The van der Waals surface area contributed by atoms with E-state index in [9.17, 15) is 13.2 Å². The van der Waals surface area contributed by atoms with Gasteiger partial charge in [-0.25, -0.2) is 8.42 Å². The third-order valence-corrected chi connectivity index (χ3v) is 7.93. The summed E-state index contributed by atoms with van der Waals surface area (Å²) in [6, 6.07) is 12.9. The van der Waals surface area contributed by atoms with Crippen molar-refractivity contribution in [2.45, 2.75) is 70.2 Å². The lowest BCUT2D eigenvalue weighted by Crippen LogP contribution is -2.35. The molecular formula is C25H34N2O3S. The highest BCUT2D eigenvalue weighted by atomic mass is 32.2. The summed E-state index contributed by atoms with van der Waals surface area (Å²) in [6.45, 7) is 11.4. The Kier molecular flexibility index (Phi) is 6.92. The van der Waals surface area contributed by atoms with E-state index in [1.807, 2.05) is 26.0 Å². The van der Waals surface area contributed by atoms with Crippen molar-refractivity contribution in [2.24, 2.45) is 0 Å². The highest BCUT2D eigenvalue weighted by Gasteiger charge is 2.27. The molecule has 1 fully saturated rings. The van der Waals surface area contributed by atoms with Gasteiger partial charge in [0.05, 0.1) is 10.9 Å². The molecule has 1 saturated heterocycles. The van der Waals surface area contributed by atoms with Crippen LogP contribution in [0.1, 0.15) is 80.0 Å². The molecule has 0 aromatic heterocycles. The lowest BCUT2D eigenvalue weighted by atomic mass is 9.86. The number of nitrogens with zero attached hydrogens (tertiary/aromatic N) is 1. The SMILES string of the molecule is Cc1ccc(S(=O)(=O)N2CCCCC2)cc1C(=O)N[C@H](C)c1ccc(C(C)(C)C)cc1. The molecule has 1 aliphatic heterocycles. The van der Waals surface area contributed by atoms with Crippen molar-refractivity contribution in [1.82, 2.24) is 9.62 Å². The van der Waals surface area contributed by atoms with E-state index in [4.69, 9.17) is 0 Å². The van der Waals surface area contributed by atoms with Crippen LogP contribution in [-0.2, 0) is 15.4 Å². The minimum Gasteiger partial charge on any atom is -0.346 e. The molecule has 6 heteroatoms. The zero-order valence-electron chi connectivity index (χ0n) is 19.2. The first-order valence-electron chi connectivity index (χ1n) is 11.0. The van der Waals surface area contributed by atoms with Gasteiger partial charge in [0.1, 0.15) is 0 Å². The second-order valence-electron chi connectivity index (χ2n) is 9.51. The number of rotatable bonds is 5. The molecule has 1 heterocycles. The Labute approximate surface area is 186 Å². The number of sulfonamides is 1. The van der Waals surface area contributed by atoms with Gasteiger partial charge < -0.3 is 5.32 Å². The Morgan fingerprint density at radius 3 is 2.19 bits per heavy atom. The summed E-state index contributed by atoms with van der Waals surface area (Å²) < 4.78 is 27.6. The number of hydrogen-bond donors (Lipinski definition) is 1. The van der Waals surface area contributed by atoms with Gasteiger partial charge in [0.15, 0.2) is 0 Å². The van der Waals surface area contributed by atoms with Crippen LogP contribution in [0.5, 0.6) is 0 Å². The maximum atomic E-state index is 13.0. The predicted octanol–water partition coefficient (Wildman–Crippen LogP) is 4.96. The molecule has 0 radical (unpaired) electrons. The van der Waals surface area contributed by atoms with E-state index in [2.05, 4.69) is 38.2 Å². The second-order valence-corrected chi connectivity index (χ2v) is 11.4. The number of nitrogens with one attached hydrogen (secondary N) is 1. The van der Waals surface area contributed by atoms with Crippen molar-refractivity contribution >= 4 is 15.9 Å². The van der Waals surface area contributed by atoms with Gasteiger partial charge in [0.25, 0.3) is 5.91 Å². The molecule has 1 amide bonds. The van der Waals surface area contributed by atoms with E-state index in [0.717, 1.165) is 30.4 Å². The Bertz CT molecular complexity index is 1030. The van der Waals surface area contributed by atoms with Crippen LogP contribution in [0, 0.1) is 6.92 Å². The molecule has 1 aliphatic rings. The van der Waals surface area contributed by atoms with Crippen molar-refractivity contribution in [3.8, 4) is 0 Å². The summed E-state index contributed by atoms with van der Waals surface area (Å²) in [5.41, 5.74) is 3.47. The van der Waals surface area contributed by atoms with Gasteiger partial charge in [0.2, 0.25) is 10.0 Å². The fourth-order valence-electron chi connectivity index (χ4n) is 3.89. The second kappa shape index (κ2) is 9.13. The molecule has 2 aromatic rings. The van der Waals surface area contributed by atoms with Crippen LogP contribution in [0.3, 0.4) is 0 Å². The first-order valence-corrected chi connectivity index (χ1v) is 12.5. The minimum absolute atomic E-state index is 0.0718. The molecular weight excluding hydrogens is 408 g/mol. The van der Waals surface area contributed by atoms with Crippen LogP contribution < -0.4 is 5.32 Å². The normalized spacial score (nSPS) is 16.7. The zero-order chi connectivity index (χ0) is 22.8. The van der Waals surface area contributed by atoms with Gasteiger partial charge in [-0.05, 0) is 60.9 Å². The quantitative estimate of drug-likeness (QED) is 0.712. The van der Waals surface area contributed by atoms with Crippen LogP contribution in [0.15, 0.2) is 47.4 Å². The van der Waals surface area contributed by atoms with Crippen LogP contribution >= 0.6 is 0 Å². The lowest BCUT2D eigenvalue weighted by Gasteiger charge is -2.26. The number of hydrogen-bond acceptors (Lipinski definition) is 3.